The molecule has 0 bridgehead atoms. The Labute approximate surface area is 113 Å². The highest BCUT2D eigenvalue weighted by Gasteiger charge is 2.26. The Bertz CT molecular complexity index is 510. The van der Waals surface area contributed by atoms with E-state index in [1.165, 1.54) is 29.9 Å². The summed E-state index contributed by atoms with van der Waals surface area (Å²) in [5, 5.41) is 9.31. The molecule has 0 radical (unpaired) electrons. The highest BCUT2D eigenvalue weighted by Crippen LogP contribution is 2.32. The molecule has 0 unspecified atom stereocenters. The Morgan fingerprint density at radius 3 is 2.74 bits per heavy atom. The topological polar surface area (TPSA) is 89.3 Å². The average Bonchev–Trinajstić information content (AvgIpc) is 2.95. The predicted molar refractivity (Wildman–Crippen MR) is 69.5 cm³/mol. The van der Waals surface area contributed by atoms with E-state index in [4.69, 9.17) is 0 Å². The minimum absolute atomic E-state index is 0.141. The van der Waals surface area contributed by atoms with E-state index < -0.39 is 22.7 Å². The summed E-state index contributed by atoms with van der Waals surface area (Å²) >= 11 is 0. The maximum atomic E-state index is 11.4. The van der Waals surface area contributed by atoms with Crippen LogP contribution in [-0.2, 0) is 21.3 Å². The van der Waals surface area contributed by atoms with Crippen LogP contribution < -0.4 is 0 Å². The van der Waals surface area contributed by atoms with Gasteiger partial charge in [0.1, 0.15) is 16.7 Å². The van der Waals surface area contributed by atoms with E-state index in [-0.39, 0.29) is 5.75 Å². The van der Waals surface area contributed by atoms with E-state index in [2.05, 4.69) is 4.98 Å². The van der Waals surface area contributed by atoms with E-state index in [1.54, 1.807) is 0 Å². The number of carboxylic acid groups (broad SMARTS) is 1. The molecule has 1 aliphatic rings. The quantitative estimate of drug-likeness (QED) is 0.767. The number of aliphatic carboxylic acids is 1. The molecular weight excluding hydrogens is 268 g/mol. The van der Waals surface area contributed by atoms with Gasteiger partial charge in [-0.05, 0) is 12.3 Å². The van der Waals surface area contributed by atoms with Gasteiger partial charge in [-0.25, -0.2) is 18.2 Å². The van der Waals surface area contributed by atoms with Crippen LogP contribution in [0.4, 0.5) is 0 Å². The number of hydrogen-bond acceptors (Lipinski definition) is 4. The largest absolute Gasteiger partial charge is 0.480 e. The standard InChI is InChI=1S/C12H18N2O4S/c15-12(16)11(5-9-3-1-2-4-9)14-6-10(13-8-14)7-19(17)18/h6,8-9,11,19H,1-5,7H2,(H,15,16)/t11-/m0/s1. The molecule has 1 N–H and O–H groups in total. The molecule has 1 atom stereocenters. The number of rotatable bonds is 6. The minimum atomic E-state index is -2.53. The van der Waals surface area contributed by atoms with Gasteiger partial charge in [0.2, 0.25) is 0 Å². The van der Waals surface area contributed by atoms with Gasteiger partial charge in [0.15, 0.2) is 0 Å². The number of carbonyl (C=O) groups is 1. The van der Waals surface area contributed by atoms with E-state index in [9.17, 15) is 18.3 Å². The molecule has 1 fully saturated rings. The lowest BCUT2D eigenvalue weighted by atomic mass is 9.98. The van der Waals surface area contributed by atoms with Crippen LogP contribution in [0.3, 0.4) is 0 Å². The van der Waals surface area contributed by atoms with Crippen molar-refractivity contribution in [3.05, 3.63) is 18.2 Å². The molecule has 0 saturated heterocycles. The molecule has 1 aromatic rings. The maximum Gasteiger partial charge on any atom is 0.326 e. The van der Waals surface area contributed by atoms with E-state index in [0.29, 0.717) is 18.0 Å². The molecule has 2 rings (SSSR count). The zero-order valence-corrected chi connectivity index (χ0v) is 11.5. The normalized spacial score (nSPS) is 17.9. The summed E-state index contributed by atoms with van der Waals surface area (Å²) < 4.78 is 22.8. The van der Waals surface area contributed by atoms with Crippen molar-refractivity contribution in [3.8, 4) is 0 Å². The Hall–Kier alpha value is -1.37. The Morgan fingerprint density at radius 1 is 1.47 bits per heavy atom. The van der Waals surface area contributed by atoms with Crippen molar-refractivity contribution in [3.63, 3.8) is 0 Å². The number of imidazole rings is 1. The molecule has 1 aliphatic carbocycles. The Morgan fingerprint density at radius 2 is 2.16 bits per heavy atom. The summed E-state index contributed by atoms with van der Waals surface area (Å²) in [7, 11) is -2.53. The fourth-order valence-electron chi connectivity index (χ4n) is 2.68. The van der Waals surface area contributed by atoms with Crippen LogP contribution in [0.1, 0.15) is 43.8 Å². The van der Waals surface area contributed by atoms with Crippen molar-refractivity contribution in [1.29, 1.82) is 0 Å². The molecule has 19 heavy (non-hydrogen) atoms. The lowest BCUT2D eigenvalue weighted by Crippen LogP contribution is -2.20. The molecule has 1 saturated carbocycles. The van der Waals surface area contributed by atoms with Gasteiger partial charge in [-0.3, -0.25) is 0 Å². The van der Waals surface area contributed by atoms with Crippen molar-refractivity contribution in [2.24, 2.45) is 5.92 Å². The maximum absolute atomic E-state index is 11.4. The SMILES string of the molecule is O=C(O)[C@H](CC1CCCC1)n1cnc(C[SH](=O)=O)c1. The van der Waals surface area contributed by atoms with Gasteiger partial charge in [-0.1, -0.05) is 25.7 Å². The number of nitrogens with zero attached hydrogens (tertiary/aromatic N) is 2. The monoisotopic (exact) mass is 286 g/mol. The molecule has 0 aromatic carbocycles. The number of carboxylic acids is 1. The van der Waals surface area contributed by atoms with Crippen molar-refractivity contribution in [2.45, 2.75) is 43.9 Å². The molecule has 1 heterocycles. The van der Waals surface area contributed by atoms with Crippen molar-refractivity contribution in [2.75, 3.05) is 0 Å². The Kier molecular flexibility index (Phi) is 4.57. The third-order valence-corrected chi connectivity index (χ3v) is 4.20. The lowest BCUT2D eigenvalue weighted by Gasteiger charge is -2.17. The molecule has 0 aliphatic heterocycles. The first kappa shape index (κ1) is 14.0. The molecule has 0 amide bonds. The van der Waals surface area contributed by atoms with Gasteiger partial charge >= 0.3 is 5.97 Å². The molecule has 7 heteroatoms. The fraction of sp³-hybridized carbons (Fsp3) is 0.667. The van der Waals surface area contributed by atoms with Crippen LogP contribution in [0.2, 0.25) is 0 Å². The smallest absolute Gasteiger partial charge is 0.326 e. The number of aromatic nitrogens is 2. The van der Waals surface area contributed by atoms with Crippen LogP contribution in [0.25, 0.3) is 0 Å². The van der Waals surface area contributed by atoms with Crippen LogP contribution >= 0.6 is 0 Å². The second-order valence-corrected chi connectivity index (χ2v) is 6.02. The van der Waals surface area contributed by atoms with Gasteiger partial charge in [0.05, 0.1) is 17.8 Å². The molecule has 1 aromatic heterocycles. The van der Waals surface area contributed by atoms with Gasteiger partial charge in [0, 0.05) is 6.20 Å². The third kappa shape index (κ3) is 3.79. The van der Waals surface area contributed by atoms with E-state index >= 15 is 0 Å². The summed E-state index contributed by atoms with van der Waals surface area (Å²) in [4.78, 5) is 15.3. The lowest BCUT2D eigenvalue weighted by molar-refractivity contribution is -0.141. The molecule has 0 spiro atoms. The van der Waals surface area contributed by atoms with Crippen molar-refractivity contribution >= 4 is 16.7 Å². The third-order valence-electron chi connectivity index (χ3n) is 3.62. The van der Waals surface area contributed by atoms with Crippen molar-refractivity contribution < 1.29 is 18.3 Å². The molecular formula is C12H18N2O4S. The average molecular weight is 286 g/mol. The molecule has 6 nitrogen and oxygen atoms in total. The zero-order chi connectivity index (χ0) is 13.8. The number of hydrogen-bond donors (Lipinski definition) is 2. The summed E-state index contributed by atoms with van der Waals surface area (Å²) in [6.07, 6.45) is 8.04. The summed E-state index contributed by atoms with van der Waals surface area (Å²) in [6, 6.07) is -0.645. The number of thiol groups is 1. The van der Waals surface area contributed by atoms with Gasteiger partial charge in [0.25, 0.3) is 0 Å². The zero-order valence-electron chi connectivity index (χ0n) is 10.6. The second-order valence-electron chi connectivity index (χ2n) is 5.04. The predicted octanol–water partition coefficient (Wildman–Crippen LogP) is 1.20. The molecule has 106 valence electrons. The van der Waals surface area contributed by atoms with Gasteiger partial charge in [-0.2, -0.15) is 0 Å². The summed E-state index contributed by atoms with van der Waals surface area (Å²) in [5.74, 6) is -0.580. The summed E-state index contributed by atoms with van der Waals surface area (Å²) in [6.45, 7) is 0. The second kappa shape index (κ2) is 6.18. The van der Waals surface area contributed by atoms with Crippen LogP contribution in [-0.4, -0.2) is 29.0 Å². The van der Waals surface area contributed by atoms with Crippen molar-refractivity contribution in [1.82, 2.24) is 9.55 Å². The minimum Gasteiger partial charge on any atom is -0.480 e. The fourth-order valence-corrected chi connectivity index (χ4v) is 3.10. The van der Waals surface area contributed by atoms with E-state index in [1.807, 2.05) is 0 Å². The first-order chi connectivity index (χ1) is 9.06. The Balaban J connectivity index is 2.09. The van der Waals surface area contributed by atoms with Crippen LogP contribution in [0.15, 0.2) is 12.5 Å². The van der Waals surface area contributed by atoms with Gasteiger partial charge < -0.3 is 9.67 Å². The first-order valence-electron chi connectivity index (χ1n) is 6.43. The van der Waals surface area contributed by atoms with Gasteiger partial charge in [-0.15, -0.1) is 0 Å². The van der Waals surface area contributed by atoms with Crippen LogP contribution in [0.5, 0.6) is 0 Å². The van der Waals surface area contributed by atoms with E-state index in [0.717, 1.165) is 12.8 Å². The summed E-state index contributed by atoms with van der Waals surface area (Å²) in [5.41, 5.74) is 0.397. The van der Waals surface area contributed by atoms with Crippen LogP contribution in [0, 0.1) is 5.92 Å². The highest BCUT2D eigenvalue weighted by molar-refractivity contribution is 7.71. The first-order valence-corrected chi connectivity index (χ1v) is 7.79. The highest BCUT2D eigenvalue weighted by atomic mass is 32.2.